The summed E-state index contributed by atoms with van der Waals surface area (Å²) in [6, 6.07) is 2.17. The molecule has 1 atom stereocenters. The third-order valence-electron chi connectivity index (χ3n) is 2.50. The molecule has 1 unspecified atom stereocenters. The lowest BCUT2D eigenvalue weighted by molar-refractivity contribution is 0.568. The molecular formula is C11H19BrN2. The third kappa shape index (κ3) is 3.12. The molecule has 1 aromatic rings. The predicted molar refractivity (Wildman–Crippen MR) is 63.8 cm³/mol. The van der Waals surface area contributed by atoms with Crippen LogP contribution in [-0.4, -0.2) is 14.6 Å². The summed E-state index contributed by atoms with van der Waals surface area (Å²) in [7, 11) is 2.01. The van der Waals surface area contributed by atoms with Crippen molar-refractivity contribution in [3.8, 4) is 0 Å². The molecule has 0 bridgehead atoms. The van der Waals surface area contributed by atoms with Gasteiger partial charge in [0.25, 0.3) is 0 Å². The standard InChI is InChI=1S/C11H19BrN2/c1-8(2)11(12)6-5-10-7-9(3)13-14(10)4/h7-8,11H,5-6H2,1-4H3. The van der Waals surface area contributed by atoms with Crippen LogP contribution in [0.1, 0.15) is 31.7 Å². The van der Waals surface area contributed by atoms with Crippen LogP contribution in [0, 0.1) is 12.8 Å². The number of aromatic nitrogens is 2. The molecular weight excluding hydrogens is 240 g/mol. The van der Waals surface area contributed by atoms with Crippen molar-refractivity contribution in [1.82, 2.24) is 9.78 Å². The maximum Gasteiger partial charge on any atom is 0.0596 e. The molecule has 0 radical (unpaired) electrons. The quantitative estimate of drug-likeness (QED) is 0.760. The molecule has 0 aromatic carbocycles. The van der Waals surface area contributed by atoms with Crippen LogP contribution in [0.5, 0.6) is 0 Å². The second-order valence-electron chi connectivity index (χ2n) is 4.20. The van der Waals surface area contributed by atoms with Crippen molar-refractivity contribution in [3.63, 3.8) is 0 Å². The van der Waals surface area contributed by atoms with Gasteiger partial charge in [0.15, 0.2) is 0 Å². The highest BCUT2D eigenvalue weighted by Gasteiger charge is 2.10. The largest absolute Gasteiger partial charge is 0.272 e. The number of rotatable bonds is 4. The number of alkyl halides is 1. The zero-order valence-electron chi connectivity index (χ0n) is 9.42. The summed E-state index contributed by atoms with van der Waals surface area (Å²) in [6.45, 7) is 6.53. The van der Waals surface area contributed by atoms with Crippen LogP contribution in [0.4, 0.5) is 0 Å². The van der Waals surface area contributed by atoms with Crippen molar-refractivity contribution in [3.05, 3.63) is 17.5 Å². The summed E-state index contributed by atoms with van der Waals surface area (Å²) < 4.78 is 1.98. The SMILES string of the molecule is Cc1cc(CCC(Br)C(C)C)n(C)n1. The van der Waals surface area contributed by atoms with Gasteiger partial charge in [-0.15, -0.1) is 0 Å². The molecule has 1 heterocycles. The van der Waals surface area contributed by atoms with Gasteiger partial charge in [0.05, 0.1) is 5.69 Å². The average Bonchev–Trinajstić information content (AvgIpc) is 2.40. The van der Waals surface area contributed by atoms with Gasteiger partial charge in [-0.3, -0.25) is 4.68 Å². The van der Waals surface area contributed by atoms with Gasteiger partial charge < -0.3 is 0 Å². The molecule has 2 nitrogen and oxygen atoms in total. The summed E-state index contributed by atoms with van der Waals surface area (Å²) in [5, 5.41) is 4.34. The number of halogens is 1. The topological polar surface area (TPSA) is 17.8 Å². The zero-order chi connectivity index (χ0) is 10.7. The molecule has 0 aliphatic carbocycles. The smallest absolute Gasteiger partial charge is 0.0596 e. The van der Waals surface area contributed by atoms with Crippen molar-refractivity contribution in [1.29, 1.82) is 0 Å². The van der Waals surface area contributed by atoms with E-state index in [0.717, 1.165) is 12.1 Å². The first-order chi connectivity index (χ1) is 6.50. The average molecular weight is 259 g/mol. The Bertz CT molecular complexity index is 291. The summed E-state index contributed by atoms with van der Waals surface area (Å²) in [6.07, 6.45) is 2.28. The molecule has 0 fully saturated rings. The summed E-state index contributed by atoms with van der Waals surface area (Å²) in [5.74, 6) is 0.698. The van der Waals surface area contributed by atoms with Crippen LogP contribution >= 0.6 is 15.9 Å². The fraction of sp³-hybridized carbons (Fsp3) is 0.727. The Morgan fingerprint density at radius 2 is 2.14 bits per heavy atom. The second kappa shape index (κ2) is 4.96. The molecule has 3 heteroatoms. The van der Waals surface area contributed by atoms with Gasteiger partial charge in [0, 0.05) is 17.6 Å². The molecule has 0 amide bonds. The van der Waals surface area contributed by atoms with Gasteiger partial charge in [0.1, 0.15) is 0 Å². The summed E-state index contributed by atoms with van der Waals surface area (Å²) in [5.41, 5.74) is 2.44. The van der Waals surface area contributed by atoms with Gasteiger partial charge in [0.2, 0.25) is 0 Å². The van der Waals surface area contributed by atoms with Crippen LogP contribution in [0.15, 0.2) is 6.07 Å². The molecule has 0 spiro atoms. The number of nitrogens with zero attached hydrogens (tertiary/aromatic N) is 2. The van der Waals surface area contributed by atoms with E-state index in [2.05, 4.69) is 40.9 Å². The normalized spacial score (nSPS) is 13.6. The van der Waals surface area contributed by atoms with Gasteiger partial charge in [-0.05, 0) is 31.7 Å². The number of hydrogen-bond acceptors (Lipinski definition) is 1. The highest BCUT2D eigenvalue weighted by atomic mass is 79.9. The van der Waals surface area contributed by atoms with Gasteiger partial charge >= 0.3 is 0 Å². The molecule has 0 N–H and O–H groups in total. The minimum Gasteiger partial charge on any atom is -0.272 e. The van der Waals surface area contributed by atoms with Gasteiger partial charge in [-0.25, -0.2) is 0 Å². The Morgan fingerprint density at radius 1 is 1.50 bits per heavy atom. The minimum absolute atomic E-state index is 0.609. The van der Waals surface area contributed by atoms with E-state index in [0.29, 0.717) is 10.7 Å². The fourth-order valence-corrected chi connectivity index (χ4v) is 1.75. The Balaban J connectivity index is 2.49. The van der Waals surface area contributed by atoms with E-state index in [1.54, 1.807) is 0 Å². The van der Waals surface area contributed by atoms with Gasteiger partial charge in [-0.1, -0.05) is 29.8 Å². The highest BCUT2D eigenvalue weighted by Crippen LogP contribution is 2.18. The van der Waals surface area contributed by atoms with E-state index in [4.69, 9.17) is 0 Å². The van der Waals surface area contributed by atoms with E-state index in [9.17, 15) is 0 Å². The summed E-state index contributed by atoms with van der Waals surface area (Å²) in [4.78, 5) is 0.609. The van der Waals surface area contributed by atoms with E-state index in [-0.39, 0.29) is 0 Å². The van der Waals surface area contributed by atoms with Crippen molar-refractivity contribution in [2.45, 2.75) is 38.4 Å². The zero-order valence-corrected chi connectivity index (χ0v) is 11.0. The predicted octanol–water partition coefficient (Wildman–Crippen LogP) is 3.08. The molecule has 0 saturated carbocycles. The monoisotopic (exact) mass is 258 g/mol. The Hall–Kier alpha value is -0.310. The maximum atomic E-state index is 4.34. The second-order valence-corrected chi connectivity index (χ2v) is 5.38. The van der Waals surface area contributed by atoms with Crippen LogP contribution in [0.25, 0.3) is 0 Å². The van der Waals surface area contributed by atoms with E-state index in [1.165, 1.54) is 12.1 Å². The molecule has 1 rings (SSSR count). The third-order valence-corrected chi connectivity index (χ3v) is 4.01. The highest BCUT2D eigenvalue weighted by molar-refractivity contribution is 9.09. The Labute approximate surface area is 94.8 Å². The van der Waals surface area contributed by atoms with Gasteiger partial charge in [-0.2, -0.15) is 5.10 Å². The van der Waals surface area contributed by atoms with Crippen molar-refractivity contribution in [2.75, 3.05) is 0 Å². The fourth-order valence-electron chi connectivity index (χ4n) is 1.52. The van der Waals surface area contributed by atoms with Crippen LogP contribution in [0.2, 0.25) is 0 Å². The van der Waals surface area contributed by atoms with Crippen molar-refractivity contribution >= 4 is 15.9 Å². The van der Waals surface area contributed by atoms with Crippen molar-refractivity contribution in [2.24, 2.45) is 13.0 Å². The molecule has 0 saturated heterocycles. The first-order valence-electron chi connectivity index (χ1n) is 5.14. The molecule has 0 aliphatic rings. The molecule has 0 aliphatic heterocycles. The Morgan fingerprint density at radius 3 is 2.57 bits per heavy atom. The van der Waals surface area contributed by atoms with Crippen LogP contribution < -0.4 is 0 Å². The molecule has 80 valence electrons. The maximum absolute atomic E-state index is 4.34. The first kappa shape index (κ1) is 11.8. The molecule has 14 heavy (non-hydrogen) atoms. The van der Waals surface area contributed by atoms with Crippen LogP contribution in [0.3, 0.4) is 0 Å². The minimum atomic E-state index is 0.609. The van der Waals surface area contributed by atoms with Crippen LogP contribution in [-0.2, 0) is 13.5 Å². The number of aryl methyl sites for hydroxylation is 3. The summed E-state index contributed by atoms with van der Waals surface area (Å²) >= 11 is 3.70. The van der Waals surface area contributed by atoms with E-state index >= 15 is 0 Å². The van der Waals surface area contributed by atoms with Crippen molar-refractivity contribution < 1.29 is 0 Å². The lowest BCUT2D eigenvalue weighted by Crippen LogP contribution is -2.09. The number of hydrogen-bond donors (Lipinski definition) is 0. The molecule has 1 aromatic heterocycles. The first-order valence-corrected chi connectivity index (χ1v) is 6.06. The van der Waals surface area contributed by atoms with E-state index < -0.39 is 0 Å². The van der Waals surface area contributed by atoms with E-state index in [1.807, 2.05) is 18.7 Å². The lowest BCUT2D eigenvalue weighted by Gasteiger charge is -2.12. The Kier molecular flexibility index (Phi) is 4.17. The lowest BCUT2D eigenvalue weighted by atomic mass is 10.1.